The summed E-state index contributed by atoms with van der Waals surface area (Å²) in [5.41, 5.74) is 0. The van der Waals surface area contributed by atoms with E-state index in [2.05, 4.69) is 10.3 Å². The third-order valence-corrected chi connectivity index (χ3v) is 3.04. The van der Waals surface area contributed by atoms with Crippen molar-refractivity contribution in [2.75, 3.05) is 11.9 Å². The largest absolute Gasteiger partial charge is 0.434 e. The predicted molar refractivity (Wildman–Crippen MR) is 79.5 cm³/mol. The van der Waals surface area contributed by atoms with Crippen LogP contribution in [0.5, 0.6) is 11.6 Å². The average Bonchev–Trinajstić information content (AvgIpc) is 2.43. The van der Waals surface area contributed by atoms with Crippen molar-refractivity contribution >= 4 is 29.0 Å². The van der Waals surface area contributed by atoms with Crippen LogP contribution in [-0.2, 0) is 0 Å². The van der Waals surface area contributed by atoms with Gasteiger partial charge >= 0.3 is 0 Å². The van der Waals surface area contributed by atoms with Crippen LogP contribution in [-0.4, -0.2) is 11.5 Å². The summed E-state index contributed by atoms with van der Waals surface area (Å²) >= 11 is 12.0. The number of hydrogen-bond acceptors (Lipinski definition) is 3. The first-order valence-electron chi connectivity index (χ1n) is 6.14. The van der Waals surface area contributed by atoms with Crippen LogP contribution in [0.3, 0.4) is 0 Å². The highest BCUT2D eigenvalue weighted by Crippen LogP contribution is 2.34. The summed E-state index contributed by atoms with van der Waals surface area (Å²) < 4.78 is 19.0. The van der Waals surface area contributed by atoms with Gasteiger partial charge in [0, 0.05) is 6.54 Å². The zero-order valence-electron chi connectivity index (χ0n) is 10.8. The third kappa shape index (κ3) is 3.52. The minimum atomic E-state index is -0.483. The third-order valence-electron chi connectivity index (χ3n) is 2.48. The molecule has 6 heteroatoms. The first kappa shape index (κ1) is 14.9. The van der Waals surface area contributed by atoms with Gasteiger partial charge in [0.1, 0.15) is 10.8 Å². The quantitative estimate of drug-likeness (QED) is 0.829. The summed E-state index contributed by atoms with van der Waals surface area (Å²) in [5, 5.41) is 3.67. The van der Waals surface area contributed by atoms with Gasteiger partial charge in [-0.15, -0.1) is 0 Å². The lowest BCUT2D eigenvalue weighted by molar-refractivity contribution is 0.428. The molecule has 0 saturated carbocycles. The maximum absolute atomic E-state index is 13.6. The fraction of sp³-hybridized carbons (Fsp3) is 0.214. The van der Waals surface area contributed by atoms with Gasteiger partial charge in [0.25, 0.3) is 0 Å². The summed E-state index contributed by atoms with van der Waals surface area (Å²) in [6, 6.07) is 7.56. The second-order valence-corrected chi connectivity index (χ2v) is 4.88. The minimum absolute atomic E-state index is 0.0608. The van der Waals surface area contributed by atoms with Gasteiger partial charge in [-0.1, -0.05) is 42.3 Å². The van der Waals surface area contributed by atoms with Crippen molar-refractivity contribution in [1.82, 2.24) is 4.98 Å². The zero-order chi connectivity index (χ0) is 14.5. The van der Waals surface area contributed by atoms with Crippen LogP contribution < -0.4 is 10.1 Å². The smallest absolute Gasteiger partial charge is 0.240 e. The molecule has 0 aliphatic carbocycles. The molecule has 106 valence electrons. The lowest BCUT2D eigenvalue weighted by Gasteiger charge is -2.11. The molecule has 0 aliphatic rings. The molecule has 1 N–H and O–H groups in total. The first-order chi connectivity index (χ1) is 9.61. The summed E-state index contributed by atoms with van der Waals surface area (Å²) in [4.78, 5) is 4.18. The van der Waals surface area contributed by atoms with E-state index in [1.54, 1.807) is 12.1 Å². The van der Waals surface area contributed by atoms with Crippen LogP contribution in [0.4, 0.5) is 10.2 Å². The predicted octanol–water partition coefficient (Wildman–Crippen LogP) is 5.14. The van der Waals surface area contributed by atoms with Crippen molar-refractivity contribution in [3.05, 3.63) is 46.2 Å². The standard InChI is InChI=1S/C14H13Cl2FN2O/c1-2-7-18-13-9(15)8-10(16)14(19-13)20-12-6-4-3-5-11(12)17/h3-6,8H,2,7H2,1H3,(H,18,19). The Morgan fingerprint density at radius 1 is 1.25 bits per heavy atom. The minimum Gasteiger partial charge on any atom is -0.434 e. The SMILES string of the molecule is CCCNc1nc(Oc2ccccc2F)c(Cl)cc1Cl. The molecule has 0 atom stereocenters. The van der Waals surface area contributed by atoms with E-state index < -0.39 is 5.82 Å². The highest BCUT2D eigenvalue weighted by Gasteiger charge is 2.12. The fourth-order valence-corrected chi connectivity index (χ4v) is 1.98. The lowest BCUT2D eigenvalue weighted by atomic mass is 10.3. The Morgan fingerprint density at radius 2 is 2.00 bits per heavy atom. The zero-order valence-corrected chi connectivity index (χ0v) is 12.3. The van der Waals surface area contributed by atoms with Gasteiger partial charge in [0.2, 0.25) is 5.88 Å². The first-order valence-corrected chi connectivity index (χ1v) is 6.89. The number of para-hydroxylation sites is 1. The van der Waals surface area contributed by atoms with Crippen LogP contribution in [0.15, 0.2) is 30.3 Å². The molecule has 0 radical (unpaired) electrons. The van der Waals surface area contributed by atoms with Crippen molar-refractivity contribution in [2.45, 2.75) is 13.3 Å². The van der Waals surface area contributed by atoms with Crippen molar-refractivity contribution < 1.29 is 9.13 Å². The van der Waals surface area contributed by atoms with E-state index >= 15 is 0 Å². The molecular weight excluding hydrogens is 302 g/mol. The molecule has 0 fully saturated rings. The van der Waals surface area contributed by atoms with Gasteiger partial charge in [-0.25, -0.2) is 4.39 Å². The molecule has 1 aromatic carbocycles. The van der Waals surface area contributed by atoms with E-state index in [-0.39, 0.29) is 16.7 Å². The molecule has 0 unspecified atom stereocenters. The van der Waals surface area contributed by atoms with Gasteiger partial charge in [-0.2, -0.15) is 4.98 Å². The Bertz CT molecular complexity index is 608. The molecular formula is C14H13Cl2FN2O. The van der Waals surface area contributed by atoms with Crippen LogP contribution in [0.25, 0.3) is 0 Å². The summed E-state index contributed by atoms with van der Waals surface area (Å²) in [5.74, 6) is 0.151. The maximum atomic E-state index is 13.6. The number of ether oxygens (including phenoxy) is 1. The maximum Gasteiger partial charge on any atom is 0.240 e. The van der Waals surface area contributed by atoms with E-state index in [0.29, 0.717) is 17.4 Å². The molecule has 2 aromatic rings. The number of rotatable bonds is 5. The lowest BCUT2D eigenvalue weighted by Crippen LogP contribution is -2.03. The van der Waals surface area contributed by atoms with Crippen molar-refractivity contribution in [3.63, 3.8) is 0 Å². The van der Waals surface area contributed by atoms with E-state index in [1.807, 2.05) is 6.92 Å². The molecule has 0 spiro atoms. The summed E-state index contributed by atoms with van der Waals surface area (Å²) in [7, 11) is 0. The number of anilines is 1. The molecule has 0 aliphatic heterocycles. The van der Waals surface area contributed by atoms with Gasteiger partial charge in [-0.05, 0) is 24.6 Å². The van der Waals surface area contributed by atoms with Gasteiger partial charge in [-0.3, -0.25) is 0 Å². The topological polar surface area (TPSA) is 34.2 Å². The number of benzene rings is 1. The summed E-state index contributed by atoms with van der Waals surface area (Å²) in [6.07, 6.45) is 0.921. The van der Waals surface area contributed by atoms with E-state index in [0.717, 1.165) is 6.42 Å². The van der Waals surface area contributed by atoms with E-state index in [9.17, 15) is 4.39 Å². The number of nitrogens with one attached hydrogen (secondary N) is 1. The normalized spacial score (nSPS) is 10.4. The number of halogens is 3. The molecule has 2 rings (SSSR count). The van der Waals surface area contributed by atoms with Crippen LogP contribution >= 0.6 is 23.2 Å². The Labute approximate surface area is 126 Å². The summed E-state index contributed by atoms with van der Waals surface area (Å²) in [6.45, 7) is 2.74. The molecule has 0 amide bonds. The van der Waals surface area contributed by atoms with Crippen molar-refractivity contribution in [1.29, 1.82) is 0 Å². The molecule has 20 heavy (non-hydrogen) atoms. The fourth-order valence-electron chi connectivity index (χ4n) is 1.52. The number of hydrogen-bond donors (Lipinski definition) is 1. The van der Waals surface area contributed by atoms with Gasteiger partial charge < -0.3 is 10.1 Å². The van der Waals surface area contributed by atoms with Crippen LogP contribution in [0, 0.1) is 5.82 Å². The molecule has 0 saturated heterocycles. The Morgan fingerprint density at radius 3 is 2.70 bits per heavy atom. The van der Waals surface area contributed by atoms with Gasteiger partial charge in [0.15, 0.2) is 11.6 Å². The van der Waals surface area contributed by atoms with Crippen LogP contribution in [0.1, 0.15) is 13.3 Å². The second kappa shape index (κ2) is 6.77. The van der Waals surface area contributed by atoms with Crippen molar-refractivity contribution in [2.24, 2.45) is 0 Å². The van der Waals surface area contributed by atoms with E-state index in [4.69, 9.17) is 27.9 Å². The molecule has 0 bridgehead atoms. The highest BCUT2D eigenvalue weighted by molar-refractivity contribution is 6.36. The number of aromatic nitrogens is 1. The molecule has 1 heterocycles. The van der Waals surface area contributed by atoms with Gasteiger partial charge in [0.05, 0.1) is 5.02 Å². The Balaban J connectivity index is 2.29. The monoisotopic (exact) mass is 314 g/mol. The highest BCUT2D eigenvalue weighted by atomic mass is 35.5. The van der Waals surface area contributed by atoms with Crippen LogP contribution in [0.2, 0.25) is 10.0 Å². The number of pyridine rings is 1. The van der Waals surface area contributed by atoms with E-state index in [1.165, 1.54) is 18.2 Å². The molecule has 1 aromatic heterocycles. The Kier molecular flexibility index (Phi) is 5.04. The molecule has 3 nitrogen and oxygen atoms in total. The Hall–Kier alpha value is -1.52. The average molecular weight is 315 g/mol. The van der Waals surface area contributed by atoms with Crippen molar-refractivity contribution in [3.8, 4) is 11.6 Å². The second-order valence-electron chi connectivity index (χ2n) is 4.07. The number of nitrogens with zero attached hydrogens (tertiary/aromatic N) is 1.